The Hall–Kier alpha value is -4.00. The van der Waals surface area contributed by atoms with Crippen LogP contribution in [-0.2, 0) is 6.54 Å². The lowest BCUT2D eigenvalue weighted by Crippen LogP contribution is -2.29. The zero-order valence-electron chi connectivity index (χ0n) is 15.7. The average molecular weight is 387 g/mol. The highest BCUT2D eigenvalue weighted by atomic mass is 16.2. The number of dihydropyridines is 1. The molecule has 0 saturated heterocycles. The fraction of sp³-hybridized carbons (Fsp3) is 0.0909. The van der Waals surface area contributed by atoms with E-state index in [0.29, 0.717) is 30.0 Å². The van der Waals surface area contributed by atoms with Crippen molar-refractivity contribution >= 4 is 23.3 Å². The fourth-order valence-electron chi connectivity index (χ4n) is 3.16. The number of nitrogens with two attached hydrogens (primary N) is 1. The summed E-state index contributed by atoms with van der Waals surface area (Å²) in [6.07, 6.45) is 7.46. The zero-order chi connectivity index (χ0) is 20.2. The van der Waals surface area contributed by atoms with Gasteiger partial charge >= 0.3 is 6.03 Å². The van der Waals surface area contributed by atoms with Crippen LogP contribution in [0.4, 0.5) is 16.2 Å². The van der Waals surface area contributed by atoms with E-state index in [1.165, 1.54) is 0 Å². The van der Waals surface area contributed by atoms with Crippen LogP contribution in [0.25, 0.3) is 0 Å². The quantitative estimate of drug-likeness (QED) is 0.606. The molecule has 3 amide bonds. The molecule has 7 heteroatoms. The monoisotopic (exact) mass is 387 g/mol. The van der Waals surface area contributed by atoms with Gasteiger partial charge in [0.25, 0.3) is 5.91 Å². The standard InChI is InChI=1S/C22H21N5O2/c23-19-3-1-2-15(10-19)11-25-21(28)16-4-6-20(7-5-16)26-22(29)27-13-17-8-9-24-12-18(17)14-27/h1-10,12-13,24H,11,14,23H2,(H,25,28)(H,26,29). The molecular weight excluding hydrogens is 366 g/mol. The van der Waals surface area contributed by atoms with Crippen LogP contribution in [0.2, 0.25) is 0 Å². The summed E-state index contributed by atoms with van der Waals surface area (Å²) < 4.78 is 0. The van der Waals surface area contributed by atoms with Crippen LogP contribution >= 0.6 is 0 Å². The number of urea groups is 1. The third-order valence-electron chi connectivity index (χ3n) is 4.69. The summed E-state index contributed by atoms with van der Waals surface area (Å²) in [6.45, 7) is 0.911. The van der Waals surface area contributed by atoms with E-state index in [2.05, 4.69) is 16.0 Å². The van der Waals surface area contributed by atoms with Crippen molar-refractivity contribution in [3.05, 3.63) is 95.5 Å². The number of nitrogen functional groups attached to an aromatic ring is 1. The number of allylic oxidation sites excluding steroid dienone is 1. The van der Waals surface area contributed by atoms with Crippen molar-refractivity contribution in [3.8, 4) is 0 Å². The molecule has 0 radical (unpaired) electrons. The molecule has 0 spiro atoms. The van der Waals surface area contributed by atoms with E-state index in [4.69, 9.17) is 5.73 Å². The number of amides is 3. The van der Waals surface area contributed by atoms with Crippen molar-refractivity contribution in [2.75, 3.05) is 17.6 Å². The highest BCUT2D eigenvalue weighted by Gasteiger charge is 2.22. The van der Waals surface area contributed by atoms with Gasteiger partial charge < -0.3 is 21.7 Å². The Morgan fingerprint density at radius 2 is 1.97 bits per heavy atom. The van der Waals surface area contributed by atoms with Gasteiger partial charge in [0, 0.05) is 42.1 Å². The first-order valence-corrected chi connectivity index (χ1v) is 9.23. The van der Waals surface area contributed by atoms with Crippen LogP contribution in [0, 0.1) is 0 Å². The van der Waals surface area contributed by atoms with Crippen LogP contribution in [0.1, 0.15) is 15.9 Å². The van der Waals surface area contributed by atoms with E-state index >= 15 is 0 Å². The van der Waals surface area contributed by atoms with Gasteiger partial charge in [-0.05, 0) is 59.2 Å². The number of carbonyl (C=O) groups excluding carboxylic acids is 2. The number of nitrogens with zero attached hydrogens (tertiary/aromatic N) is 1. The molecule has 2 aromatic carbocycles. The smallest absolute Gasteiger partial charge is 0.326 e. The summed E-state index contributed by atoms with van der Waals surface area (Å²) >= 11 is 0. The molecule has 5 N–H and O–H groups in total. The normalized spacial score (nSPS) is 14.4. The Morgan fingerprint density at radius 3 is 2.72 bits per heavy atom. The molecule has 0 aliphatic carbocycles. The number of hydrogen-bond donors (Lipinski definition) is 4. The average Bonchev–Trinajstić information content (AvgIpc) is 3.17. The van der Waals surface area contributed by atoms with Gasteiger partial charge in [-0.2, -0.15) is 0 Å². The first-order chi connectivity index (χ1) is 14.1. The largest absolute Gasteiger partial charge is 0.399 e. The molecule has 2 heterocycles. The number of fused-ring (bicyclic) bond motifs is 1. The molecule has 0 fully saturated rings. The minimum Gasteiger partial charge on any atom is -0.399 e. The second-order valence-electron chi connectivity index (χ2n) is 6.82. The van der Waals surface area contributed by atoms with Crippen molar-refractivity contribution < 1.29 is 9.59 Å². The first kappa shape index (κ1) is 18.4. The van der Waals surface area contributed by atoms with Crippen LogP contribution in [-0.4, -0.2) is 23.4 Å². The molecule has 29 heavy (non-hydrogen) atoms. The molecule has 0 bridgehead atoms. The van der Waals surface area contributed by atoms with Crippen molar-refractivity contribution in [1.82, 2.24) is 15.5 Å². The summed E-state index contributed by atoms with van der Waals surface area (Å²) in [5, 5.41) is 8.73. The number of carbonyl (C=O) groups is 2. The third-order valence-corrected chi connectivity index (χ3v) is 4.69. The van der Waals surface area contributed by atoms with Crippen molar-refractivity contribution in [2.24, 2.45) is 0 Å². The van der Waals surface area contributed by atoms with E-state index in [9.17, 15) is 9.59 Å². The number of rotatable bonds is 4. The van der Waals surface area contributed by atoms with Crippen LogP contribution < -0.4 is 21.7 Å². The Kier molecular flexibility index (Phi) is 5.03. The first-order valence-electron chi connectivity index (χ1n) is 9.23. The van der Waals surface area contributed by atoms with Gasteiger partial charge in [-0.3, -0.25) is 9.69 Å². The molecule has 7 nitrogen and oxygen atoms in total. The summed E-state index contributed by atoms with van der Waals surface area (Å²) in [5.41, 5.74) is 10.6. The highest BCUT2D eigenvalue weighted by Crippen LogP contribution is 2.24. The molecule has 146 valence electrons. The summed E-state index contributed by atoms with van der Waals surface area (Å²) in [6, 6.07) is 13.9. The number of benzene rings is 2. The van der Waals surface area contributed by atoms with E-state index in [1.807, 2.05) is 42.9 Å². The zero-order valence-corrected chi connectivity index (χ0v) is 15.7. The highest BCUT2D eigenvalue weighted by molar-refractivity contribution is 5.95. The minimum atomic E-state index is -0.222. The van der Waals surface area contributed by atoms with Gasteiger partial charge in [0.05, 0.1) is 6.54 Å². The number of anilines is 2. The number of hydrogen-bond acceptors (Lipinski definition) is 4. The topological polar surface area (TPSA) is 99.5 Å². The van der Waals surface area contributed by atoms with E-state index < -0.39 is 0 Å². The van der Waals surface area contributed by atoms with Gasteiger partial charge in [-0.15, -0.1) is 0 Å². The van der Waals surface area contributed by atoms with Gasteiger partial charge in [-0.25, -0.2) is 4.79 Å². The second kappa shape index (κ2) is 7.93. The van der Waals surface area contributed by atoms with Gasteiger partial charge in [0.2, 0.25) is 0 Å². The maximum atomic E-state index is 12.5. The Bertz CT molecular complexity index is 1040. The predicted octanol–water partition coefficient (Wildman–Crippen LogP) is 2.93. The molecule has 0 aromatic heterocycles. The minimum absolute atomic E-state index is 0.190. The summed E-state index contributed by atoms with van der Waals surface area (Å²) in [5.74, 6) is -0.190. The van der Waals surface area contributed by atoms with E-state index in [0.717, 1.165) is 16.7 Å². The van der Waals surface area contributed by atoms with Crippen LogP contribution in [0.3, 0.4) is 0 Å². The van der Waals surface area contributed by atoms with E-state index in [1.54, 1.807) is 35.2 Å². The lowest BCUT2D eigenvalue weighted by atomic mass is 10.1. The Labute approximate surface area is 168 Å². The van der Waals surface area contributed by atoms with Crippen molar-refractivity contribution in [2.45, 2.75) is 6.54 Å². The molecule has 0 saturated carbocycles. The number of nitrogens with one attached hydrogen (secondary N) is 3. The molecule has 0 unspecified atom stereocenters. The van der Waals surface area contributed by atoms with Gasteiger partial charge in [-0.1, -0.05) is 12.1 Å². The second-order valence-corrected chi connectivity index (χ2v) is 6.82. The predicted molar refractivity (Wildman–Crippen MR) is 113 cm³/mol. The van der Waals surface area contributed by atoms with Gasteiger partial charge in [0.15, 0.2) is 0 Å². The SMILES string of the molecule is Nc1cccc(CNC(=O)c2ccc(NC(=O)N3C=C4C=CNC=C4C3)cc2)c1. The van der Waals surface area contributed by atoms with Gasteiger partial charge in [0.1, 0.15) is 0 Å². The van der Waals surface area contributed by atoms with Crippen LogP contribution in [0.5, 0.6) is 0 Å². The Balaban J connectivity index is 1.33. The molecular formula is C22H21N5O2. The Morgan fingerprint density at radius 1 is 1.14 bits per heavy atom. The van der Waals surface area contributed by atoms with Crippen molar-refractivity contribution in [1.29, 1.82) is 0 Å². The van der Waals surface area contributed by atoms with Crippen molar-refractivity contribution in [3.63, 3.8) is 0 Å². The fourth-order valence-corrected chi connectivity index (χ4v) is 3.16. The molecule has 0 atom stereocenters. The lowest BCUT2D eigenvalue weighted by molar-refractivity contribution is 0.0951. The van der Waals surface area contributed by atoms with E-state index in [-0.39, 0.29) is 11.9 Å². The molecule has 2 aromatic rings. The third kappa shape index (κ3) is 4.30. The maximum Gasteiger partial charge on any atom is 0.326 e. The lowest BCUT2D eigenvalue weighted by Gasteiger charge is -2.15. The summed E-state index contributed by atoms with van der Waals surface area (Å²) in [7, 11) is 0. The molecule has 2 aliphatic rings. The maximum absolute atomic E-state index is 12.5. The summed E-state index contributed by atoms with van der Waals surface area (Å²) in [4.78, 5) is 26.4. The molecule has 2 aliphatic heterocycles. The molecule has 4 rings (SSSR count). The van der Waals surface area contributed by atoms with Crippen LogP contribution in [0.15, 0.2) is 84.4 Å².